The molecule has 0 radical (unpaired) electrons. The number of morpholine rings is 1. The lowest BCUT2D eigenvalue weighted by atomic mass is 10.0. The summed E-state index contributed by atoms with van der Waals surface area (Å²) in [6, 6.07) is 8.73. The van der Waals surface area contributed by atoms with Crippen LogP contribution in [0.2, 0.25) is 0 Å². The second-order valence-electron chi connectivity index (χ2n) is 7.90. The molecule has 2 aromatic rings. The molecule has 0 N–H and O–H groups in total. The largest absolute Gasteiger partial charge is 0.378 e. The summed E-state index contributed by atoms with van der Waals surface area (Å²) in [5.41, 5.74) is 2.89. The first-order chi connectivity index (χ1) is 13.1. The molecule has 0 aliphatic carbocycles. The van der Waals surface area contributed by atoms with E-state index < -0.39 is 0 Å². The molecule has 0 bridgehead atoms. The molecule has 4 rings (SSSR count). The second-order valence-corrected chi connectivity index (χ2v) is 8.26. The summed E-state index contributed by atoms with van der Waals surface area (Å²) >= 11 is 5.83. The number of benzene rings is 1. The van der Waals surface area contributed by atoms with Gasteiger partial charge in [-0.2, -0.15) is 0 Å². The van der Waals surface area contributed by atoms with Gasteiger partial charge in [-0.15, -0.1) is 5.10 Å². The van der Waals surface area contributed by atoms with Gasteiger partial charge in [-0.1, -0.05) is 38.1 Å². The third kappa shape index (κ3) is 4.10. The maximum Gasteiger partial charge on any atom is 0.226 e. The predicted molar refractivity (Wildman–Crippen MR) is 109 cm³/mol. The minimum atomic E-state index is 0.524. The molecule has 6 nitrogen and oxygen atoms in total. The summed E-state index contributed by atoms with van der Waals surface area (Å²) in [5, 5.41) is 4.94. The maximum atomic E-state index is 5.83. The molecule has 2 aliphatic rings. The van der Waals surface area contributed by atoms with E-state index in [2.05, 4.69) is 52.5 Å². The van der Waals surface area contributed by atoms with Gasteiger partial charge in [-0.25, -0.2) is 4.68 Å². The number of aromatic nitrogens is 3. The third-order valence-corrected chi connectivity index (χ3v) is 5.72. The van der Waals surface area contributed by atoms with Gasteiger partial charge in [0.25, 0.3) is 0 Å². The first-order valence-corrected chi connectivity index (χ1v) is 10.3. The molecule has 0 spiro atoms. The van der Waals surface area contributed by atoms with Gasteiger partial charge in [0.15, 0.2) is 0 Å². The molecule has 7 heteroatoms. The van der Waals surface area contributed by atoms with Crippen LogP contribution >= 0.6 is 12.2 Å². The lowest BCUT2D eigenvalue weighted by Crippen LogP contribution is -2.38. The van der Waals surface area contributed by atoms with Crippen LogP contribution in [0, 0.1) is 10.7 Å². The third-order valence-electron chi connectivity index (χ3n) is 5.29. The molecule has 0 atom stereocenters. The molecule has 0 saturated carbocycles. The highest BCUT2D eigenvalue weighted by Crippen LogP contribution is 2.21. The fraction of sp³-hybridized carbons (Fsp3) is 0.600. The molecular formula is C20H29N5OS. The number of nitrogens with zero attached hydrogens (tertiary/aromatic N) is 5. The van der Waals surface area contributed by atoms with Gasteiger partial charge in [0.1, 0.15) is 0 Å². The first-order valence-electron chi connectivity index (χ1n) is 9.91. The number of ether oxygens (including phenoxy) is 1. The number of hydrogen-bond acceptors (Lipinski definition) is 5. The number of rotatable bonds is 5. The van der Waals surface area contributed by atoms with Crippen molar-refractivity contribution in [1.82, 2.24) is 19.2 Å². The highest BCUT2D eigenvalue weighted by atomic mass is 32.1. The summed E-state index contributed by atoms with van der Waals surface area (Å²) in [6.45, 7) is 11.4. The Morgan fingerprint density at radius 1 is 1.11 bits per heavy atom. The van der Waals surface area contributed by atoms with Gasteiger partial charge >= 0.3 is 0 Å². The van der Waals surface area contributed by atoms with Crippen molar-refractivity contribution in [1.29, 1.82) is 0 Å². The lowest BCUT2D eigenvalue weighted by Gasteiger charge is -2.28. The number of fused-ring (bicyclic) bond motifs is 1. The normalized spacial score (nSPS) is 18.1. The lowest BCUT2D eigenvalue weighted by molar-refractivity contribution is 0.121. The molecule has 1 aromatic carbocycles. The molecule has 1 saturated heterocycles. The fourth-order valence-corrected chi connectivity index (χ4v) is 4.16. The van der Waals surface area contributed by atoms with Crippen LogP contribution in [0.5, 0.6) is 0 Å². The van der Waals surface area contributed by atoms with E-state index in [1.807, 2.05) is 4.68 Å². The van der Waals surface area contributed by atoms with E-state index in [-0.39, 0.29) is 0 Å². The highest BCUT2D eigenvalue weighted by Gasteiger charge is 2.22. The highest BCUT2D eigenvalue weighted by molar-refractivity contribution is 7.71. The van der Waals surface area contributed by atoms with Crippen molar-refractivity contribution in [2.24, 2.45) is 5.92 Å². The van der Waals surface area contributed by atoms with Crippen molar-refractivity contribution in [2.45, 2.75) is 40.0 Å². The predicted octanol–water partition coefficient (Wildman–Crippen LogP) is 2.92. The van der Waals surface area contributed by atoms with Crippen molar-refractivity contribution >= 4 is 18.2 Å². The summed E-state index contributed by atoms with van der Waals surface area (Å²) in [6.07, 6.45) is 1.09. The van der Waals surface area contributed by atoms with Crippen LogP contribution in [0.1, 0.15) is 25.0 Å². The molecule has 1 aromatic heterocycles. The quantitative estimate of drug-likeness (QED) is 0.738. The Balaban J connectivity index is 1.57. The molecule has 2 aliphatic heterocycles. The van der Waals surface area contributed by atoms with E-state index in [1.54, 1.807) is 0 Å². The summed E-state index contributed by atoms with van der Waals surface area (Å²) < 4.78 is 10.6. The van der Waals surface area contributed by atoms with Gasteiger partial charge in [-0.05, 0) is 35.7 Å². The molecule has 0 unspecified atom stereocenters. The van der Waals surface area contributed by atoms with E-state index in [4.69, 9.17) is 22.1 Å². The fourth-order valence-electron chi connectivity index (χ4n) is 3.91. The average Bonchev–Trinajstić information content (AvgIpc) is 2.98. The van der Waals surface area contributed by atoms with E-state index in [0.29, 0.717) is 5.92 Å². The molecule has 3 heterocycles. The Hall–Kier alpha value is -1.70. The van der Waals surface area contributed by atoms with Crippen LogP contribution in [0.4, 0.5) is 5.95 Å². The van der Waals surface area contributed by atoms with Crippen LogP contribution < -0.4 is 4.90 Å². The zero-order valence-corrected chi connectivity index (χ0v) is 17.1. The van der Waals surface area contributed by atoms with Crippen molar-refractivity contribution in [3.05, 3.63) is 40.2 Å². The van der Waals surface area contributed by atoms with Gasteiger partial charge < -0.3 is 9.64 Å². The van der Waals surface area contributed by atoms with E-state index >= 15 is 0 Å². The Kier molecular flexibility index (Phi) is 5.61. The Morgan fingerprint density at radius 3 is 2.59 bits per heavy atom. The Labute approximate surface area is 166 Å². The van der Waals surface area contributed by atoms with E-state index in [0.717, 1.165) is 69.7 Å². The van der Waals surface area contributed by atoms with Crippen LogP contribution in [-0.2, 0) is 30.9 Å². The van der Waals surface area contributed by atoms with Crippen LogP contribution in [0.15, 0.2) is 24.3 Å². The Morgan fingerprint density at radius 2 is 1.85 bits per heavy atom. The van der Waals surface area contributed by atoms with E-state index in [1.165, 1.54) is 11.1 Å². The monoisotopic (exact) mass is 387 g/mol. The molecule has 146 valence electrons. The zero-order valence-electron chi connectivity index (χ0n) is 16.3. The Bertz CT molecular complexity index is 837. The van der Waals surface area contributed by atoms with E-state index in [9.17, 15) is 0 Å². The topological polar surface area (TPSA) is 38.5 Å². The van der Waals surface area contributed by atoms with Crippen molar-refractivity contribution in [3.63, 3.8) is 0 Å². The van der Waals surface area contributed by atoms with Crippen LogP contribution in [-0.4, -0.2) is 52.1 Å². The van der Waals surface area contributed by atoms with Crippen LogP contribution in [0.3, 0.4) is 0 Å². The summed E-state index contributed by atoms with van der Waals surface area (Å²) in [7, 11) is 0. The SMILES string of the molecule is CC(C)Cn1c(N2CCOCC2)nn(CN2CCc3ccccc3C2)c1=S. The molecule has 27 heavy (non-hydrogen) atoms. The second kappa shape index (κ2) is 8.12. The first kappa shape index (κ1) is 18.7. The van der Waals surface area contributed by atoms with Gasteiger partial charge in [0.05, 0.1) is 19.9 Å². The average molecular weight is 388 g/mol. The van der Waals surface area contributed by atoms with Crippen molar-refractivity contribution in [3.8, 4) is 0 Å². The zero-order chi connectivity index (χ0) is 18.8. The van der Waals surface area contributed by atoms with Gasteiger partial charge in [0, 0.05) is 32.7 Å². The summed E-state index contributed by atoms with van der Waals surface area (Å²) in [5.74, 6) is 1.52. The minimum absolute atomic E-state index is 0.524. The molecular weight excluding hydrogens is 358 g/mol. The number of anilines is 1. The smallest absolute Gasteiger partial charge is 0.226 e. The molecule has 0 amide bonds. The standard InChI is InChI=1S/C20H29N5OS/c1-16(2)13-24-19(23-9-11-26-12-10-23)21-25(20(24)27)15-22-8-7-17-5-3-4-6-18(17)14-22/h3-6,16H,7-15H2,1-2H3. The summed E-state index contributed by atoms with van der Waals surface area (Å²) in [4.78, 5) is 4.75. The van der Waals surface area contributed by atoms with Gasteiger partial charge in [0.2, 0.25) is 10.7 Å². The van der Waals surface area contributed by atoms with Crippen molar-refractivity contribution < 1.29 is 4.74 Å². The number of hydrogen-bond donors (Lipinski definition) is 0. The molecule has 1 fully saturated rings. The maximum absolute atomic E-state index is 5.83. The van der Waals surface area contributed by atoms with Crippen LogP contribution in [0.25, 0.3) is 0 Å². The van der Waals surface area contributed by atoms with Crippen molar-refractivity contribution in [2.75, 3.05) is 37.7 Å². The van der Waals surface area contributed by atoms with Gasteiger partial charge in [-0.3, -0.25) is 9.47 Å². The minimum Gasteiger partial charge on any atom is -0.378 e.